The Hall–Kier alpha value is -0.120. The molecule has 0 aliphatic carbocycles. The molecule has 1 heterocycles. The van der Waals surface area contributed by atoms with Crippen LogP contribution >= 0.6 is 0 Å². The van der Waals surface area contributed by atoms with Gasteiger partial charge < -0.3 is 14.9 Å². The maximum absolute atomic E-state index is 8.93. The average molecular weight is 228 g/mol. The van der Waals surface area contributed by atoms with Crippen LogP contribution in [0.1, 0.15) is 32.6 Å². The van der Waals surface area contributed by atoms with E-state index in [1.54, 1.807) is 0 Å². The van der Waals surface area contributed by atoms with E-state index in [4.69, 9.17) is 5.11 Å². The van der Waals surface area contributed by atoms with Gasteiger partial charge in [0.25, 0.3) is 0 Å². The van der Waals surface area contributed by atoms with E-state index in [2.05, 4.69) is 23.8 Å². The normalized spacial score (nSPS) is 21.2. The lowest BCUT2D eigenvalue weighted by Gasteiger charge is -2.32. The summed E-state index contributed by atoms with van der Waals surface area (Å²) in [7, 11) is 2.20. The fraction of sp³-hybridized carbons (Fsp3) is 1.00. The summed E-state index contributed by atoms with van der Waals surface area (Å²) in [6, 6.07) is 0. The molecule has 0 spiro atoms. The molecule has 0 radical (unpaired) electrons. The van der Waals surface area contributed by atoms with Crippen molar-refractivity contribution in [1.82, 2.24) is 9.80 Å². The number of nitrogens with zero attached hydrogens (tertiary/aromatic N) is 2. The summed E-state index contributed by atoms with van der Waals surface area (Å²) in [4.78, 5) is 4.97. The van der Waals surface area contributed by atoms with Crippen LogP contribution < -0.4 is 0 Å². The minimum atomic E-state index is 0.354. The second kappa shape index (κ2) is 8.04. The number of piperazine rings is 1. The molecule has 0 aromatic carbocycles. The van der Waals surface area contributed by atoms with Gasteiger partial charge in [0.15, 0.2) is 0 Å². The molecule has 0 aromatic rings. The van der Waals surface area contributed by atoms with Gasteiger partial charge >= 0.3 is 0 Å². The molecule has 1 fully saturated rings. The van der Waals surface area contributed by atoms with Crippen molar-refractivity contribution in [2.24, 2.45) is 5.92 Å². The molecule has 1 aliphatic heterocycles. The molecule has 0 unspecified atom stereocenters. The average Bonchev–Trinajstić information content (AvgIpc) is 2.30. The van der Waals surface area contributed by atoms with Gasteiger partial charge in [-0.25, -0.2) is 0 Å². The maximum atomic E-state index is 8.93. The quantitative estimate of drug-likeness (QED) is 0.714. The van der Waals surface area contributed by atoms with Gasteiger partial charge in [-0.3, -0.25) is 0 Å². The first-order chi connectivity index (χ1) is 7.76. The first-order valence-corrected chi connectivity index (χ1v) is 6.78. The van der Waals surface area contributed by atoms with Gasteiger partial charge in [-0.2, -0.15) is 0 Å². The SMILES string of the molecule is CC[C@H](CCO)CCCN1CCN(C)CC1. The van der Waals surface area contributed by atoms with Crippen LogP contribution in [0.5, 0.6) is 0 Å². The molecular formula is C13H28N2O. The van der Waals surface area contributed by atoms with E-state index in [9.17, 15) is 0 Å². The van der Waals surface area contributed by atoms with Crippen LogP contribution in [0.2, 0.25) is 0 Å². The van der Waals surface area contributed by atoms with Crippen LogP contribution in [0.3, 0.4) is 0 Å². The molecule has 3 heteroatoms. The van der Waals surface area contributed by atoms with E-state index >= 15 is 0 Å². The Labute approximate surface area is 100 Å². The first-order valence-electron chi connectivity index (χ1n) is 6.78. The fourth-order valence-electron chi connectivity index (χ4n) is 2.41. The first kappa shape index (κ1) is 13.9. The fourth-order valence-corrected chi connectivity index (χ4v) is 2.41. The lowest BCUT2D eigenvalue weighted by Crippen LogP contribution is -2.44. The van der Waals surface area contributed by atoms with E-state index < -0.39 is 0 Å². The zero-order valence-electron chi connectivity index (χ0n) is 11.0. The lowest BCUT2D eigenvalue weighted by atomic mass is 9.97. The third-order valence-electron chi connectivity index (χ3n) is 3.80. The van der Waals surface area contributed by atoms with Crippen molar-refractivity contribution in [3.63, 3.8) is 0 Å². The summed E-state index contributed by atoms with van der Waals surface area (Å²) in [6.45, 7) is 8.72. The lowest BCUT2D eigenvalue weighted by molar-refractivity contribution is 0.148. The van der Waals surface area contributed by atoms with Gasteiger partial charge in [0.1, 0.15) is 0 Å². The van der Waals surface area contributed by atoms with Gasteiger partial charge in [0.05, 0.1) is 0 Å². The van der Waals surface area contributed by atoms with Crippen molar-refractivity contribution >= 4 is 0 Å². The molecule has 0 bridgehead atoms. The highest BCUT2D eigenvalue weighted by Crippen LogP contribution is 2.15. The van der Waals surface area contributed by atoms with Crippen molar-refractivity contribution < 1.29 is 5.11 Å². The Morgan fingerprint density at radius 2 is 1.81 bits per heavy atom. The van der Waals surface area contributed by atoms with Crippen LogP contribution in [-0.2, 0) is 0 Å². The van der Waals surface area contributed by atoms with Crippen molar-refractivity contribution in [2.45, 2.75) is 32.6 Å². The summed E-state index contributed by atoms with van der Waals surface area (Å²) >= 11 is 0. The Bertz CT molecular complexity index is 167. The standard InChI is InChI=1S/C13H28N2O/c1-3-13(6-12-16)5-4-7-15-10-8-14(2)9-11-15/h13,16H,3-12H2,1-2H3/t13-/m0/s1. The molecule has 16 heavy (non-hydrogen) atoms. The molecule has 1 atom stereocenters. The van der Waals surface area contributed by atoms with E-state index in [1.807, 2.05) is 0 Å². The predicted molar refractivity (Wildman–Crippen MR) is 68.7 cm³/mol. The number of hydrogen-bond donors (Lipinski definition) is 1. The Kier molecular flexibility index (Phi) is 7.01. The Balaban J connectivity index is 2.05. The molecule has 1 rings (SSSR count). The van der Waals surface area contributed by atoms with E-state index in [1.165, 1.54) is 52.0 Å². The number of rotatable bonds is 7. The summed E-state index contributed by atoms with van der Waals surface area (Å²) in [5.74, 6) is 0.734. The van der Waals surface area contributed by atoms with Crippen molar-refractivity contribution in [2.75, 3.05) is 46.4 Å². The summed E-state index contributed by atoms with van der Waals surface area (Å²) in [5, 5.41) is 8.93. The van der Waals surface area contributed by atoms with Gasteiger partial charge in [-0.1, -0.05) is 13.3 Å². The van der Waals surface area contributed by atoms with Gasteiger partial charge in [0, 0.05) is 32.8 Å². The third kappa shape index (κ3) is 5.28. The Morgan fingerprint density at radius 1 is 1.12 bits per heavy atom. The molecule has 0 amide bonds. The van der Waals surface area contributed by atoms with E-state index in [0.29, 0.717) is 6.61 Å². The molecular weight excluding hydrogens is 200 g/mol. The zero-order valence-corrected chi connectivity index (χ0v) is 11.0. The minimum absolute atomic E-state index is 0.354. The zero-order chi connectivity index (χ0) is 11.8. The molecule has 0 saturated carbocycles. The molecule has 1 aliphatic rings. The van der Waals surface area contributed by atoms with Crippen LogP contribution in [0.25, 0.3) is 0 Å². The van der Waals surface area contributed by atoms with Gasteiger partial charge in [-0.05, 0) is 38.8 Å². The molecule has 1 N–H and O–H groups in total. The van der Waals surface area contributed by atoms with Crippen LogP contribution in [0, 0.1) is 5.92 Å². The van der Waals surface area contributed by atoms with E-state index in [-0.39, 0.29) is 0 Å². The minimum Gasteiger partial charge on any atom is -0.396 e. The van der Waals surface area contributed by atoms with Crippen molar-refractivity contribution in [1.29, 1.82) is 0 Å². The number of aliphatic hydroxyl groups is 1. The van der Waals surface area contributed by atoms with Crippen LogP contribution in [0.15, 0.2) is 0 Å². The molecule has 0 aromatic heterocycles. The second-order valence-electron chi connectivity index (χ2n) is 5.07. The predicted octanol–water partition coefficient (Wildman–Crippen LogP) is 1.42. The highest BCUT2D eigenvalue weighted by Gasteiger charge is 2.13. The maximum Gasteiger partial charge on any atom is 0.0433 e. The van der Waals surface area contributed by atoms with Crippen molar-refractivity contribution in [3.05, 3.63) is 0 Å². The largest absolute Gasteiger partial charge is 0.396 e. The highest BCUT2D eigenvalue weighted by atomic mass is 16.3. The number of hydrogen-bond acceptors (Lipinski definition) is 3. The Morgan fingerprint density at radius 3 is 2.38 bits per heavy atom. The third-order valence-corrected chi connectivity index (χ3v) is 3.80. The van der Waals surface area contributed by atoms with E-state index in [0.717, 1.165) is 12.3 Å². The van der Waals surface area contributed by atoms with Crippen LogP contribution in [0.4, 0.5) is 0 Å². The topological polar surface area (TPSA) is 26.7 Å². The van der Waals surface area contributed by atoms with Crippen molar-refractivity contribution in [3.8, 4) is 0 Å². The summed E-state index contributed by atoms with van der Waals surface area (Å²) < 4.78 is 0. The smallest absolute Gasteiger partial charge is 0.0433 e. The van der Waals surface area contributed by atoms with Gasteiger partial charge in [0.2, 0.25) is 0 Å². The number of aliphatic hydroxyl groups excluding tert-OH is 1. The van der Waals surface area contributed by atoms with Crippen LogP contribution in [-0.4, -0.2) is 61.3 Å². The molecule has 3 nitrogen and oxygen atoms in total. The number of likely N-dealkylation sites (N-methyl/N-ethyl adjacent to an activating group) is 1. The highest BCUT2D eigenvalue weighted by molar-refractivity contribution is 4.69. The summed E-state index contributed by atoms with van der Waals surface area (Å²) in [6.07, 6.45) is 4.77. The summed E-state index contributed by atoms with van der Waals surface area (Å²) in [5.41, 5.74) is 0. The monoisotopic (exact) mass is 228 g/mol. The second-order valence-corrected chi connectivity index (χ2v) is 5.07. The molecule has 96 valence electrons. The molecule has 1 saturated heterocycles. The van der Waals surface area contributed by atoms with Gasteiger partial charge in [-0.15, -0.1) is 0 Å².